The van der Waals surface area contributed by atoms with Crippen molar-refractivity contribution in [2.24, 2.45) is 0 Å². The number of hydrogen-bond donors (Lipinski definition) is 0. The summed E-state index contributed by atoms with van der Waals surface area (Å²) in [6.07, 6.45) is 0. The number of halogens is 1. The third-order valence-electron chi connectivity index (χ3n) is 2.23. The van der Waals surface area contributed by atoms with E-state index in [1.165, 1.54) is 6.07 Å². The summed E-state index contributed by atoms with van der Waals surface area (Å²) < 4.78 is 11.1. The molecule has 0 aliphatic rings. The summed E-state index contributed by atoms with van der Waals surface area (Å²) >= 11 is 3.25. The minimum absolute atomic E-state index is 0.354. The highest BCUT2D eigenvalue weighted by molar-refractivity contribution is 9.10. The van der Waals surface area contributed by atoms with Gasteiger partial charge in [-0.2, -0.15) is 0 Å². The molecule has 0 spiro atoms. The minimum atomic E-state index is -0.354. The summed E-state index contributed by atoms with van der Waals surface area (Å²) in [5.74, 6) is 0. The van der Waals surface area contributed by atoms with E-state index >= 15 is 0 Å². The van der Waals surface area contributed by atoms with Crippen LogP contribution in [0.1, 0.15) is 0 Å². The molecule has 0 N–H and O–H groups in total. The van der Waals surface area contributed by atoms with Crippen LogP contribution in [0.25, 0.3) is 21.9 Å². The largest absolute Gasteiger partial charge is 0.449 e. The van der Waals surface area contributed by atoms with E-state index in [0.29, 0.717) is 15.8 Å². The lowest BCUT2D eigenvalue weighted by atomic mass is 10.2. The Hall–Kier alpha value is -1.55. The van der Waals surface area contributed by atoms with E-state index in [1.807, 2.05) is 12.1 Å². The summed E-state index contributed by atoms with van der Waals surface area (Å²) in [4.78, 5) is 11.0. The quantitative estimate of drug-likeness (QED) is 0.586. The second-order valence-electron chi connectivity index (χ2n) is 3.23. The van der Waals surface area contributed by atoms with E-state index in [9.17, 15) is 4.79 Å². The summed E-state index contributed by atoms with van der Waals surface area (Å²) in [6.45, 7) is 0. The average Bonchev–Trinajstić information content (AvgIpc) is 2.53. The number of fused-ring (bicyclic) bond motifs is 2. The Balaban J connectivity index is 2.51. The van der Waals surface area contributed by atoms with Gasteiger partial charge < -0.3 is 8.83 Å². The first-order valence-electron chi connectivity index (χ1n) is 4.35. The Labute approximate surface area is 92.4 Å². The first-order valence-corrected chi connectivity index (χ1v) is 5.15. The van der Waals surface area contributed by atoms with Crippen molar-refractivity contribution in [3.8, 4) is 0 Å². The smallest absolute Gasteiger partial charge is 0.336 e. The zero-order chi connectivity index (χ0) is 10.4. The maximum Gasteiger partial charge on any atom is 0.336 e. The monoisotopic (exact) mass is 264 g/mol. The summed E-state index contributed by atoms with van der Waals surface area (Å²) in [5.41, 5.74) is 0.882. The molecule has 4 heteroatoms. The molecule has 0 aliphatic heterocycles. The molecule has 2 aromatic heterocycles. The highest BCUT2D eigenvalue weighted by Crippen LogP contribution is 2.27. The van der Waals surface area contributed by atoms with Gasteiger partial charge in [-0.1, -0.05) is 0 Å². The van der Waals surface area contributed by atoms with Crippen LogP contribution < -0.4 is 5.63 Å². The number of benzene rings is 1. The van der Waals surface area contributed by atoms with Gasteiger partial charge in [-0.25, -0.2) is 4.79 Å². The molecule has 0 aliphatic carbocycles. The zero-order valence-corrected chi connectivity index (χ0v) is 9.08. The van der Waals surface area contributed by atoms with Crippen LogP contribution in [0.2, 0.25) is 0 Å². The van der Waals surface area contributed by atoms with Crippen LogP contribution in [0.15, 0.2) is 48.6 Å². The molecule has 0 unspecified atom stereocenters. The fourth-order valence-corrected chi connectivity index (χ4v) is 1.99. The lowest BCUT2D eigenvalue weighted by Crippen LogP contribution is -1.93. The van der Waals surface area contributed by atoms with Gasteiger partial charge in [0.1, 0.15) is 11.2 Å². The van der Waals surface area contributed by atoms with Crippen molar-refractivity contribution >= 4 is 37.9 Å². The van der Waals surface area contributed by atoms with Crippen LogP contribution in [0, 0.1) is 0 Å². The number of hydrogen-bond acceptors (Lipinski definition) is 3. The normalized spacial score (nSPS) is 11.3. The molecule has 0 saturated heterocycles. The number of rotatable bonds is 0. The van der Waals surface area contributed by atoms with Gasteiger partial charge in [0.25, 0.3) is 0 Å². The second kappa shape index (κ2) is 2.97. The van der Waals surface area contributed by atoms with Crippen molar-refractivity contribution in [2.75, 3.05) is 0 Å². The van der Waals surface area contributed by atoms with Crippen molar-refractivity contribution in [2.45, 2.75) is 0 Å². The summed E-state index contributed by atoms with van der Waals surface area (Å²) in [7, 11) is 0. The van der Waals surface area contributed by atoms with Crippen LogP contribution in [0.3, 0.4) is 0 Å². The van der Waals surface area contributed by atoms with Gasteiger partial charge in [0.15, 0.2) is 4.67 Å². The summed E-state index contributed by atoms with van der Waals surface area (Å²) in [5, 5.41) is 1.86. The second-order valence-corrected chi connectivity index (χ2v) is 4.01. The Morgan fingerprint density at radius 3 is 2.60 bits per heavy atom. The van der Waals surface area contributed by atoms with E-state index in [4.69, 9.17) is 8.83 Å². The fraction of sp³-hybridized carbons (Fsp3) is 0. The van der Waals surface area contributed by atoms with Gasteiger partial charge in [-0.05, 0) is 34.1 Å². The van der Waals surface area contributed by atoms with E-state index < -0.39 is 0 Å². The molecule has 0 atom stereocenters. The molecule has 3 nitrogen and oxygen atoms in total. The SMILES string of the molecule is O=c1ccc2cc3cc(Br)oc3cc2o1. The number of furan rings is 1. The van der Waals surface area contributed by atoms with Crippen LogP contribution in [0.4, 0.5) is 0 Å². The van der Waals surface area contributed by atoms with Crippen molar-refractivity contribution in [1.29, 1.82) is 0 Å². The Kier molecular flexibility index (Phi) is 1.73. The van der Waals surface area contributed by atoms with Gasteiger partial charge >= 0.3 is 5.63 Å². The molecule has 0 bridgehead atoms. The van der Waals surface area contributed by atoms with Crippen LogP contribution >= 0.6 is 15.9 Å². The van der Waals surface area contributed by atoms with E-state index in [-0.39, 0.29) is 5.63 Å². The molecule has 3 aromatic rings. The maximum atomic E-state index is 11.0. The van der Waals surface area contributed by atoms with Crippen molar-refractivity contribution in [3.63, 3.8) is 0 Å². The third-order valence-corrected chi connectivity index (χ3v) is 2.62. The maximum absolute atomic E-state index is 11.0. The fourth-order valence-electron chi connectivity index (χ4n) is 1.57. The average molecular weight is 265 g/mol. The van der Waals surface area contributed by atoms with Crippen molar-refractivity contribution in [1.82, 2.24) is 0 Å². The third kappa shape index (κ3) is 1.37. The van der Waals surface area contributed by atoms with E-state index in [2.05, 4.69) is 15.9 Å². The Bertz CT molecular complexity index is 708. The predicted octanol–water partition coefficient (Wildman–Crippen LogP) is 3.30. The van der Waals surface area contributed by atoms with Crippen molar-refractivity contribution in [3.05, 3.63) is 45.4 Å². The van der Waals surface area contributed by atoms with E-state index in [0.717, 1.165) is 10.8 Å². The standard InChI is InChI=1S/C11H5BrO3/c12-10-4-7-3-6-1-2-11(13)15-8(6)5-9(7)14-10/h1-5H. The van der Waals surface area contributed by atoms with Gasteiger partial charge in [0, 0.05) is 22.9 Å². The highest BCUT2D eigenvalue weighted by atomic mass is 79.9. The van der Waals surface area contributed by atoms with Crippen molar-refractivity contribution < 1.29 is 8.83 Å². The molecule has 0 radical (unpaired) electrons. The van der Waals surface area contributed by atoms with Gasteiger partial charge in [0.2, 0.25) is 0 Å². The Morgan fingerprint density at radius 2 is 1.73 bits per heavy atom. The zero-order valence-electron chi connectivity index (χ0n) is 7.49. The molecule has 0 fully saturated rings. The first-order chi connectivity index (χ1) is 7.22. The molecule has 15 heavy (non-hydrogen) atoms. The molecular weight excluding hydrogens is 260 g/mol. The van der Waals surface area contributed by atoms with Gasteiger partial charge in [-0.3, -0.25) is 0 Å². The molecule has 0 saturated carbocycles. The topological polar surface area (TPSA) is 43.4 Å². The van der Waals surface area contributed by atoms with E-state index in [1.54, 1.807) is 12.1 Å². The van der Waals surface area contributed by atoms with Crippen LogP contribution in [0.5, 0.6) is 0 Å². The molecular formula is C11H5BrO3. The molecule has 0 amide bonds. The highest BCUT2D eigenvalue weighted by Gasteiger charge is 2.04. The van der Waals surface area contributed by atoms with Gasteiger partial charge in [0.05, 0.1) is 0 Å². The lowest BCUT2D eigenvalue weighted by molar-refractivity contribution is 0.557. The van der Waals surface area contributed by atoms with Gasteiger partial charge in [-0.15, -0.1) is 0 Å². The first kappa shape index (κ1) is 8.73. The molecule has 74 valence electrons. The Morgan fingerprint density at radius 1 is 0.933 bits per heavy atom. The summed E-state index contributed by atoms with van der Waals surface area (Å²) in [6, 6.07) is 8.66. The van der Waals surface area contributed by atoms with Crippen LogP contribution in [-0.4, -0.2) is 0 Å². The minimum Gasteiger partial charge on any atom is -0.449 e. The van der Waals surface area contributed by atoms with Crippen LogP contribution in [-0.2, 0) is 0 Å². The lowest BCUT2D eigenvalue weighted by Gasteiger charge is -1.94. The predicted molar refractivity (Wildman–Crippen MR) is 60.0 cm³/mol. The molecule has 1 aromatic carbocycles. The molecule has 2 heterocycles. The molecule has 3 rings (SSSR count).